The fourth-order valence-corrected chi connectivity index (χ4v) is 0.614. The highest BCUT2D eigenvalue weighted by Crippen LogP contribution is 2.04. The van der Waals surface area contributed by atoms with Crippen molar-refractivity contribution in [2.75, 3.05) is 13.2 Å². The maximum Gasteiger partial charge on any atom is 0.0993 e. The molecule has 1 rings (SSSR count). The van der Waals surface area contributed by atoms with Gasteiger partial charge in [-0.1, -0.05) is 0 Å². The van der Waals surface area contributed by atoms with E-state index in [-0.39, 0.29) is 0 Å². The largest absolute Gasteiger partial charge is 0.216 e. The molecule has 0 bridgehead atoms. The minimum atomic E-state index is 0.428. The van der Waals surface area contributed by atoms with Crippen LogP contribution in [-0.4, -0.2) is 24.3 Å². The number of nitrogens with zero attached hydrogens (tertiary/aromatic N) is 1. The standard InChI is InChI=1S/C5H11NO2/c1-5(2)6-3-4-7-8-6/h5H,3-4H2,1-2H3. The summed E-state index contributed by atoms with van der Waals surface area (Å²) >= 11 is 0. The predicted molar refractivity (Wildman–Crippen MR) is 28.9 cm³/mol. The average Bonchev–Trinajstić information content (AvgIpc) is 2.12. The van der Waals surface area contributed by atoms with Crippen LogP contribution in [0.5, 0.6) is 0 Å². The van der Waals surface area contributed by atoms with Gasteiger partial charge in [0, 0.05) is 6.04 Å². The first kappa shape index (κ1) is 6.01. The molecule has 48 valence electrons. The SMILES string of the molecule is CC(C)N1CCOO1. The number of hydrogen-bond acceptors (Lipinski definition) is 3. The number of hydrogen-bond donors (Lipinski definition) is 0. The topological polar surface area (TPSA) is 21.7 Å². The van der Waals surface area contributed by atoms with E-state index in [4.69, 9.17) is 4.99 Å². The van der Waals surface area contributed by atoms with E-state index in [1.54, 1.807) is 5.06 Å². The van der Waals surface area contributed by atoms with Crippen molar-refractivity contribution >= 4 is 0 Å². The molecule has 0 aromatic heterocycles. The summed E-state index contributed by atoms with van der Waals surface area (Å²) in [6.45, 7) is 5.71. The molecule has 1 aliphatic rings. The van der Waals surface area contributed by atoms with Crippen LogP contribution in [0.4, 0.5) is 0 Å². The summed E-state index contributed by atoms with van der Waals surface area (Å²) in [7, 11) is 0. The van der Waals surface area contributed by atoms with Crippen molar-refractivity contribution in [2.45, 2.75) is 19.9 Å². The zero-order valence-corrected chi connectivity index (χ0v) is 5.26. The Morgan fingerprint density at radius 3 is 2.50 bits per heavy atom. The van der Waals surface area contributed by atoms with Crippen molar-refractivity contribution in [2.24, 2.45) is 0 Å². The fourth-order valence-electron chi connectivity index (χ4n) is 0.614. The minimum absolute atomic E-state index is 0.428. The Bertz CT molecular complexity index is 68.8. The second kappa shape index (κ2) is 2.44. The molecular formula is C5H11NO2. The molecule has 0 N–H and O–H groups in total. The molecule has 0 spiro atoms. The van der Waals surface area contributed by atoms with E-state index < -0.39 is 0 Å². The summed E-state index contributed by atoms with van der Waals surface area (Å²) in [6.07, 6.45) is 0. The van der Waals surface area contributed by atoms with Gasteiger partial charge in [-0.3, -0.25) is 0 Å². The predicted octanol–water partition coefficient (Wildman–Crippen LogP) is 0.574. The van der Waals surface area contributed by atoms with E-state index in [9.17, 15) is 0 Å². The lowest BCUT2D eigenvalue weighted by atomic mass is 10.4. The van der Waals surface area contributed by atoms with E-state index in [2.05, 4.69) is 18.7 Å². The van der Waals surface area contributed by atoms with E-state index in [0.29, 0.717) is 12.6 Å². The molecule has 1 heterocycles. The monoisotopic (exact) mass is 117 g/mol. The van der Waals surface area contributed by atoms with Gasteiger partial charge in [0.2, 0.25) is 0 Å². The van der Waals surface area contributed by atoms with Crippen molar-refractivity contribution in [1.29, 1.82) is 0 Å². The Morgan fingerprint density at radius 2 is 2.25 bits per heavy atom. The fraction of sp³-hybridized carbons (Fsp3) is 1.00. The Kier molecular flexibility index (Phi) is 1.83. The van der Waals surface area contributed by atoms with Gasteiger partial charge in [0.1, 0.15) is 0 Å². The molecule has 0 aromatic carbocycles. The van der Waals surface area contributed by atoms with E-state index >= 15 is 0 Å². The molecule has 0 atom stereocenters. The van der Waals surface area contributed by atoms with Gasteiger partial charge < -0.3 is 0 Å². The summed E-state index contributed by atoms with van der Waals surface area (Å²) in [5.74, 6) is 0. The first-order valence-corrected chi connectivity index (χ1v) is 2.87. The second-order valence-electron chi connectivity index (χ2n) is 2.13. The molecule has 0 aliphatic carbocycles. The summed E-state index contributed by atoms with van der Waals surface area (Å²) in [6, 6.07) is 0.428. The highest BCUT2D eigenvalue weighted by Gasteiger charge is 2.16. The Labute approximate surface area is 49.1 Å². The molecule has 8 heavy (non-hydrogen) atoms. The lowest BCUT2D eigenvalue weighted by Crippen LogP contribution is -2.25. The molecule has 0 radical (unpaired) electrons. The molecular weight excluding hydrogens is 106 g/mol. The van der Waals surface area contributed by atoms with Crippen molar-refractivity contribution < 1.29 is 9.88 Å². The summed E-state index contributed by atoms with van der Waals surface area (Å²) < 4.78 is 0. The third-order valence-electron chi connectivity index (χ3n) is 1.12. The van der Waals surface area contributed by atoms with Gasteiger partial charge >= 0.3 is 0 Å². The van der Waals surface area contributed by atoms with Crippen LogP contribution in [0.2, 0.25) is 0 Å². The zero-order valence-electron chi connectivity index (χ0n) is 5.26. The quantitative estimate of drug-likeness (QED) is 0.469. The van der Waals surface area contributed by atoms with Crippen LogP contribution >= 0.6 is 0 Å². The van der Waals surface area contributed by atoms with Gasteiger partial charge in [-0.15, -0.1) is 4.99 Å². The molecule has 1 aliphatic heterocycles. The zero-order chi connectivity index (χ0) is 5.98. The highest BCUT2D eigenvalue weighted by molar-refractivity contribution is 4.51. The minimum Gasteiger partial charge on any atom is -0.216 e. The molecule has 0 saturated carbocycles. The maximum absolute atomic E-state index is 4.75. The van der Waals surface area contributed by atoms with Crippen molar-refractivity contribution in [3.63, 3.8) is 0 Å². The Hall–Kier alpha value is -0.120. The van der Waals surface area contributed by atoms with Gasteiger partial charge in [0.25, 0.3) is 0 Å². The van der Waals surface area contributed by atoms with Gasteiger partial charge in [0.15, 0.2) is 0 Å². The van der Waals surface area contributed by atoms with Crippen LogP contribution in [-0.2, 0) is 9.88 Å². The number of hydroxylamine groups is 2. The van der Waals surface area contributed by atoms with Crippen LogP contribution in [0.3, 0.4) is 0 Å². The van der Waals surface area contributed by atoms with E-state index in [1.165, 1.54) is 0 Å². The van der Waals surface area contributed by atoms with Gasteiger partial charge in [0.05, 0.1) is 13.2 Å². The molecule has 0 unspecified atom stereocenters. The first-order chi connectivity index (χ1) is 3.80. The first-order valence-electron chi connectivity index (χ1n) is 2.87. The molecule has 1 fully saturated rings. The Morgan fingerprint density at radius 1 is 1.50 bits per heavy atom. The van der Waals surface area contributed by atoms with Crippen molar-refractivity contribution in [3.8, 4) is 0 Å². The third-order valence-corrected chi connectivity index (χ3v) is 1.12. The van der Waals surface area contributed by atoms with Crippen molar-refractivity contribution in [3.05, 3.63) is 0 Å². The van der Waals surface area contributed by atoms with Gasteiger partial charge in [-0.25, -0.2) is 4.89 Å². The lowest BCUT2D eigenvalue weighted by molar-refractivity contribution is -0.378. The summed E-state index contributed by atoms with van der Waals surface area (Å²) in [5.41, 5.74) is 0. The second-order valence-corrected chi connectivity index (χ2v) is 2.13. The third kappa shape index (κ3) is 1.18. The van der Waals surface area contributed by atoms with Gasteiger partial charge in [-0.2, -0.15) is 5.06 Å². The van der Waals surface area contributed by atoms with Crippen LogP contribution < -0.4 is 0 Å². The molecule has 1 saturated heterocycles. The highest BCUT2D eigenvalue weighted by atomic mass is 17.3. The lowest BCUT2D eigenvalue weighted by Gasteiger charge is -2.13. The molecule has 0 amide bonds. The van der Waals surface area contributed by atoms with Crippen LogP contribution in [0.1, 0.15) is 13.8 Å². The van der Waals surface area contributed by atoms with Crippen LogP contribution in [0.25, 0.3) is 0 Å². The molecule has 0 aromatic rings. The summed E-state index contributed by atoms with van der Waals surface area (Å²) in [4.78, 5) is 9.39. The van der Waals surface area contributed by atoms with E-state index in [0.717, 1.165) is 6.54 Å². The molecule has 3 heteroatoms. The Balaban J connectivity index is 2.24. The van der Waals surface area contributed by atoms with Crippen molar-refractivity contribution in [1.82, 2.24) is 5.06 Å². The average molecular weight is 117 g/mol. The van der Waals surface area contributed by atoms with Crippen LogP contribution in [0.15, 0.2) is 0 Å². The maximum atomic E-state index is 4.75. The molecule has 3 nitrogen and oxygen atoms in total. The van der Waals surface area contributed by atoms with Gasteiger partial charge in [-0.05, 0) is 13.8 Å². The smallest absolute Gasteiger partial charge is 0.0993 e. The number of rotatable bonds is 1. The summed E-state index contributed by atoms with van der Waals surface area (Å²) in [5, 5.41) is 1.81. The normalized spacial score (nSPS) is 22.9. The van der Waals surface area contributed by atoms with Crippen LogP contribution in [0, 0.1) is 0 Å². The van der Waals surface area contributed by atoms with E-state index in [1.807, 2.05) is 0 Å².